The van der Waals surface area contributed by atoms with Gasteiger partial charge in [-0.25, -0.2) is 0 Å². The second-order valence-electron chi connectivity index (χ2n) is 21.7. The highest BCUT2D eigenvalue weighted by Crippen LogP contribution is 2.23. The van der Waals surface area contributed by atoms with E-state index in [1.165, 1.54) is 148 Å². The normalized spacial score (nSPS) is 19.1. The van der Waals surface area contributed by atoms with Crippen molar-refractivity contribution < 1.29 is 49.3 Å². The number of aliphatic hydroxyl groups is 5. The van der Waals surface area contributed by atoms with E-state index in [-0.39, 0.29) is 18.5 Å². The summed E-state index contributed by atoms with van der Waals surface area (Å²) >= 11 is 0. The molecule has 6 N–H and O–H groups in total. The number of rotatable bonds is 54. The highest BCUT2D eigenvalue weighted by molar-refractivity contribution is 5.76. The first-order valence-corrected chi connectivity index (χ1v) is 31.7. The third-order valence-corrected chi connectivity index (χ3v) is 14.6. The highest BCUT2D eigenvalue weighted by Gasteiger charge is 2.44. The van der Waals surface area contributed by atoms with Gasteiger partial charge in [0, 0.05) is 12.8 Å². The van der Waals surface area contributed by atoms with E-state index < -0.39 is 49.5 Å². The van der Waals surface area contributed by atoms with Crippen LogP contribution in [0.4, 0.5) is 0 Å². The van der Waals surface area contributed by atoms with Gasteiger partial charge < -0.3 is 45.1 Å². The maximum absolute atomic E-state index is 13.0. The van der Waals surface area contributed by atoms with E-state index in [2.05, 4.69) is 66.9 Å². The number of hydrogen-bond donors (Lipinski definition) is 6. The van der Waals surface area contributed by atoms with E-state index in [1.807, 2.05) is 19.1 Å². The Kier molecular flexibility index (Phi) is 51.5. The molecule has 1 amide bonds. The molecule has 1 saturated heterocycles. The molecule has 0 aliphatic carbocycles. The van der Waals surface area contributed by atoms with Crippen molar-refractivity contribution in [2.45, 2.75) is 314 Å². The van der Waals surface area contributed by atoms with Crippen LogP contribution in [0.2, 0.25) is 0 Å². The van der Waals surface area contributed by atoms with Gasteiger partial charge in [0.15, 0.2) is 6.29 Å². The predicted molar refractivity (Wildman–Crippen MR) is 319 cm³/mol. The number of carbonyl (C=O) groups is 2. The molecule has 77 heavy (non-hydrogen) atoms. The van der Waals surface area contributed by atoms with Crippen molar-refractivity contribution >= 4 is 11.9 Å². The number of carbonyl (C=O) groups excluding carboxylic acids is 2. The Morgan fingerprint density at radius 3 is 1.44 bits per heavy atom. The summed E-state index contributed by atoms with van der Waals surface area (Å²) in [4.78, 5) is 25.1. The molecule has 0 bridgehead atoms. The van der Waals surface area contributed by atoms with Gasteiger partial charge in [0.1, 0.15) is 24.4 Å². The molecule has 0 spiro atoms. The first-order chi connectivity index (χ1) is 37.7. The lowest BCUT2D eigenvalue weighted by atomic mass is 9.99. The van der Waals surface area contributed by atoms with Crippen molar-refractivity contribution in [1.82, 2.24) is 5.32 Å². The number of hydrogen-bond acceptors (Lipinski definition) is 10. The number of aliphatic hydroxyl groups excluding tert-OH is 5. The Bertz CT molecular complexity index is 1510. The van der Waals surface area contributed by atoms with Crippen LogP contribution in [0.1, 0.15) is 271 Å². The zero-order chi connectivity index (χ0) is 55.9. The van der Waals surface area contributed by atoms with Crippen LogP contribution in [0.3, 0.4) is 0 Å². The molecule has 7 atom stereocenters. The van der Waals surface area contributed by atoms with Crippen LogP contribution in [0.5, 0.6) is 0 Å². The topological polar surface area (TPSA) is 175 Å². The molecule has 1 fully saturated rings. The van der Waals surface area contributed by atoms with Crippen molar-refractivity contribution in [3.8, 4) is 0 Å². The zero-order valence-corrected chi connectivity index (χ0v) is 49.2. The first kappa shape index (κ1) is 72.1. The lowest BCUT2D eigenvalue weighted by molar-refractivity contribution is -0.302. The van der Waals surface area contributed by atoms with Crippen molar-refractivity contribution in [2.24, 2.45) is 0 Å². The lowest BCUT2D eigenvalue weighted by Gasteiger charge is -2.40. The minimum atomic E-state index is -1.58. The molecule has 1 aliphatic heterocycles. The molecule has 7 unspecified atom stereocenters. The van der Waals surface area contributed by atoms with Gasteiger partial charge in [-0.2, -0.15) is 0 Å². The molecule has 0 radical (unpaired) electrons. The number of nitrogens with one attached hydrogen (secondary N) is 1. The number of ether oxygens (including phenoxy) is 3. The van der Waals surface area contributed by atoms with E-state index >= 15 is 0 Å². The average molecular weight is 1080 g/mol. The molecule has 1 heterocycles. The molecule has 0 aromatic rings. The molecule has 0 saturated carbocycles. The van der Waals surface area contributed by atoms with Gasteiger partial charge in [-0.1, -0.05) is 221 Å². The minimum Gasteiger partial charge on any atom is -0.466 e. The first-order valence-electron chi connectivity index (χ1n) is 31.7. The fourth-order valence-corrected chi connectivity index (χ4v) is 9.56. The second kappa shape index (κ2) is 55.0. The van der Waals surface area contributed by atoms with Crippen LogP contribution in [0.15, 0.2) is 72.9 Å². The Balaban J connectivity index is 1.98. The molecule has 11 nitrogen and oxygen atoms in total. The Morgan fingerprint density at radius 2 is 0.935 bits per heavy atom. The fraction of sp³-hybridized carbons (Fsp3) is 0.788. The summed E-state index contributed by atoms with van der Waals surface area (Å²) in [5.41, 5.74) is 0. The fourth-order valence-electron chi connectivity index (χ4n) is 9.56. The number of amides is 1. The number of unbranched alkanes of at least 4 members (excludes halogenated alkanes) is 31. The van der Waals surface area contributed by atoms with Gasteiger partial charge in [0.25, 0.3) is 0 Å². The second-order valence-corrected chi connectivity index (χ2v) is 21.7. The third kappa shape index (κ3) is 44.5. The van der Waals surface area contributed by atoms with Crippen molar-refractivity contribution in [1.29, 1.82) is 0 Å². The van der Waals surface area contributed by atoms with Crippen molar-refractivity contribution in [3.05, 3.63) is 72.9 Å². The molecule has 0 aromatic carbocycles. The van der Waals surface area contributed by atoms with Crippen LogP contribution in [0, 0.1) is 0 Å². The minimum absolute atomic E-state index is 0.0137. The smallest absolute Gasteiger partial charge is 0.305 e. The number of allylic oxidation sites excluding steroid dienone is 11. The monoisotopic (exact) mass is 1080 g/mol. The quantitative estimate of drug-likeness (QED) is 0.0195. The molecule has 11 heteroatoms. The molecular weight excluding hydrogens is 967 g/mol. The van der Waals surface area contributed by atoms with E-state index in [0.717, 1.165) is 96.3 Å². The van der Waals surface area contributed by atoms with Crippen LogP contribution in [-0.4, -0.2) is 100 Å². The van der Waals surface area contributed by atoms with E-state index in [0.29, 0.717) is 19.4 Å². The lowest BCUT2D eigenvalue weighted by Crippen LogP contribution is -2.60. The van der Waals surface area contributed by atoms with Gasteiger partial charge in [0.2, 0.25) is 5.91 Å². The standard InChI is InChI=1S/C66H117NO10/c1-3-5-7-9-11-13-14-15-16-28-31-34-38-42-46-50-54-62(71)75-55-51-47-43-39-35-32-29-26-24-22-20-18-17-19-21-23-25-27-30-33-37-41-45-49-53-61(70)67-58(59(69)52-48-44-40-36-12-10-8-6-4-2)57-76-66-65(74)64(73)63(72)60(56-68)77-66/h4,6,12-14,16,19,21,28,36,48,52,58-60,63-66,68-69,72-74H,3,5,7-11,15,17-18,20,22-27,29-35,37-47,49-51,53-57H2,1-2H3,(H,67,70)/b6-4+,14-13-,21-19-,28-16-,36-12+,52-48+. The largest absolute Gasteiger partial charge is 0.466 e. The SMILES string of the molecule is C/C=C/CC/C=C/CC/C=C/C(O)C(COC1OC(CO)C(O)C(O)C1O)NC(=O)CCCCCCCCCC/C=C\CCCCCCCCCCCCCCOC(=O)CCCCCCC/C=C\C/C=C\CCCCCC. The van der Waals surface area contributed by atoms with E-state index in [9.17, 15) is 35.1 Å². The highest BCUT2D eigenvalue weighted by atomic mass is 16.7. The summed E-state index contributed by atoms with van der Waals surface area (Å²) in [6, 6.07) is -0.838. The third-order valence-electron chi connectivity index (χ3n) is 14.6. The maximum Gasteiger partial charge on any atom is 0.305 e. The average Bonchev–Trinajstić information content (AvgIpc) is 3.43. The van der Waals surface area contributed by atoms with Gasteiger partial charge in [-0.15, -0.1) is 0 Å². The maximum atomic E-state index is 13.0. The summed E-state index contributed by atoms with van der Waals surface area (Å²) in [7, 11) is 0. The van der Waals surface area contributed by atoms with Crippen molar-refractivity contribution in [3.63, 3.8) is 0 Å². The van der Waals surface area contributed by atoms with Crippen molar-refractivity contribution in [2.75, 3.05) is 19.8 Å². The van der Waals surface area contributed by atoms with Gasteiger partial charge in [-0.3, -0.25) is 9.59 Å². The summed E-state index contributed by atoms with van der Waals surface area (Å²) in [6.07, 6.45) is 63.3. The Hall–Kier alpha value is -2.90. The molecule has 0 aromatic heterocycles. The van der Waals surface area contributed by atoms with Crippen LogP contribution in [0.25, 0.3) is 0 Å². The summed E-state index contributed by atoms with van der Waals surface area (Å²) in [5.74, 6) is -0.219. The van der Waals surface area contributed by atoms with Gasteiger partial charge in [0.05, 0.1) is 32.0 Å². The van der Waals surface area contributed by atoms with Gasteiger partial charge in [-0.05, 0) is 110 Å². The molecular formula is C66H117NO10. The van der Waals surface area contributed by atoms with E-state index in [1.54, 1.807) is 6.08 Å². The van der Waals surface area contributed by atoms with Crippen LogP contribution < -0.4 is 5.32 Å². The van der Waals surface area contributed by atoms with Crippen LogP contribution >= 0.6 is 0 Å². The molecule has 1 rings (SSSR count). The predicted octanol–water partition coefficient (Wildman–Crippen LogP) is 15.2. The Labute approximate surface area is 471 Å². The summed E-state index contributed by atoms with van der Waals surface area (Å²) in [6.45, 7) is 4.06. The number of esters is 1. The summed E-state index contributed by atoms with van der Waals surface area (Å²) < 4.78 is 16.7. The van der Waals surface area contributed by atoms with Crippen LogP contribution in [-0.2, 0) is 23.8 Å². The summed E-state index contributed by atoms with van der Waals surface area (Å²) in [5, 5.41) is 54.2. The zero-order valence-electron chi connectivity index (χ0n) is 49.2. The van der Waals surface area contributed by atoms with Gasteiger partial charge >= 0.3 is 5.97 Å². The Morgan fingerprint density at radius 1 is 0.506 bits per heavy atom. The molecule has 1 aliphatic rings. The molecule has 446 valence electrons. The van der Waals surface area contributed by atoms with E-state index in [4.69, 9.17) is 14.2 Å².